The molecule has 3 N–H and O–H groups in total. The Balaban J connectivity index is 2.61. The van der Waals surface area contributed by atoms with Gasteiger partial charge in [-0.3, -0.25) is 4.79 Å². The largest absolute Gasteiger partial charge is 0.393 e. The Kier molecular flexibility index (Phi) is 6.12. The van der Waals surface area contributed by atoms with Crippen LogP contribution in [0.1, 0.15) is 26.7 Å². The molecule has 7 heteroatoms. The Morgan fingerprint density at radius 1 is 1.30 bits per heavy atom. The average Bonchev–Trinajstić information content (AvgIpc) is 2.34. The van der Waals surface area contributed by atoms with Crippen LogP contribution in [0, 0.1) is 0 Å². The van der Waals surface area contributed by atoms with Crippen LogP contribution in [0.5, 0.6) is 0 Å². The van der Waals surface area contributed by atoms with E-state index in [2.05, 4.69) is 10.0 Å². The normalized spacial score (nSPS) is 12.9. The molecule has 0 aliphatic heterocycles. The van der Waals surface area contributed by atoms with E-state index in [1.807, 2.05) is 0 Å². The molecule has 0 saturated carbocycles. The van der Waals surface area contributed by atoms with Crippen LogP contribution in [-0.4, -0.2) is 32.1 Å². The lowest BCUT2D eigenvalue weighted by atomic mass is 10.2. The first kappa shape index (κ1) is 16.6. The van der Waals surface area contributed by atoms with Crippen molar-refractivity contribution in [2.75, 3.05) is 11.9 Å². The smallest absolute Gasteiger partial charge is 0.240 e. The predicted octanol–water partition coefficient (Wildman–Crippen LogP) is 1.08. The molecule has 0 radical (unpaired) electrons. The molecule has 1 atom stereocenters. The van der Waals surface area contributed by atoms with Crippen molar-refractivity contribution in [3.63, 3.8) is 0 Å². The van der Waals surface area contributed by atoms with Crippen molar-refractivity contribution in [2.24, 2.45) is 0 Å². The summed E-state index contributed by atoms with van der Waals surface area (Å²) in [5.41, 5.74) is 0.547. The zero-order valence-corrected chi connectivity index (χ0v) is 12.4. The summed E-state index contributed by atoms with van der Waals surface area (Å²) < 4.78 is 26.4. The van der Waals surface area contributed by atoms with Gasteiger partial charge >= 0.3 is 0 Å². The number of anilines is 1. The fraction of sp³-hybridized carbons (Fsp3) is 0.462. The van der Waals surface area contributed by atoms with Crippen LogP contribution >= 0.6 is 0 Å². The number of benzene rings is 1. The zero-order valence-electron chi connectivity index (χ0n) is 11.6. The van der Waals surface area contributed by atoms with Gasteiger partial charge in [-0.15, -0.1) is 0 Å². The maximum atomic E-state index is 11.9. The summed E-state index contributed by atoms with van der Waals surface area (Å²) in [4.78, 5) is 11.0. The Labute approximate surface area is 119 Å². The van der Waals surface area contributed by atoms with Crippen molar-refractivity contribution in [3.05, 3.63) is 24.3 Å². The summed E-state index contributed by atoms with van der Waals surface area (Å²) in [5.74, 6) is -0.211. The van der Waals surface area contributed by atoms with Crippen molar-refractivity contribution < 1.29 is 18.3 Å². The second kappa shape index (κ2) is 7.37. The first-order valence-corrected chi connectivity index (χ1v) is 7.85. The molecule has 0 aliphatic rings. The minimum absolute atomic E-state index is 0.142. The molecule has 20 heavy (non-hydrogen) atoms. The number of carbonyl (C=O) groups is 1. The second-order valence-electron chi connectivity index (χ2n) is 4.59. The Morgan fingerprint density at radius 2 is 1.90 bits per heavy atom. The number of rotatable bonds is 7. The van der Waals surface area contributed by atoms with E-state index in [-0.39, 0.29) is 17.3 Å². The lowest BCUT2D eigenvalue weighted by Crippen LogP contribution is -2.25. The summed E-state index contributed by atoms with van der Waals surface area (Å²) in [6.07, 6.45) is 0.682. The topological polar surface area (TPSA) is 95.5 Å². The highest BCUT2D eigenvalue weighted by Gasteiger charge is 2.13. The minimum Gasteiger partial charge on any atom is -0.393 e. The average molecular weight is 300 g/mol. The molecule has 0 fully saturated rings. The molecule has 112 valence electrons. The van der Waals surface area contributed by atoms with Crippen LogP contribution in [0.4, 0.5) is 5.69 Å². The van der Waals surface area contributed by atoms with Crippen molar-refractivity contribution in [1.82, 2.24) is 4.72 Å². The van der Waals surface area contributed by atoms with E-state index in [1.54, 1.807) is 6.92 Å². The molecule has 0 bridgehead atoms. The lowest BCUT2D eigenvalue weighted by molar-refractivity contribution is -0.114. The van der Waals surface area contributed by atoms with E-state index in [9.17, 15) is 13.2 Å². The molecule has 0 aliphatic carbocycles. The van der Waals surface area contributed by atoms with E-state index < -0.39 is 16.1 Å². The molecule has 1 amide bonds. The summed E-state index contributed by atoms with van der Waals surface area (Å²) in [7, 11) is -3.55. The third-order valence-electron chi connectivity index (χ3n) is 2.58. The van der Waals surface area contributed by atoms with Gasteiger partial charge in [0, 0.05) is 19.2 Å². The van der Waals surface area contributed by atoms with Gasteiger partial charge in [0.2, 0.25) is 15.9 Å². The molecule has 0 aromatic heterocycles. The monoisotopic (exact) mass is 300 g/mol. The predicted molar refractivity (Wildman–Crippen MR) is 76.8 cm³/mol. The molecular formula is C13H20N2O4S. The molecule has 1 unspecified atom stereocenters. The van der Waals surface area contributed by atoms with E-state index in [1.165, 1.54) is 31.2 Å². The summed E-state index contributed by atoms with van der Waals surface area (Å²) in [6, 6.07) is 5.93. The summed E-state index contributed by atoms with van der Waals surface area (Å²) >= 11 is 0. The molecule has 1 aromatic rings. The fourth-order valence-electron chi connectivity index (χ4n) is 1.61. The van der Waals surface area contributed by atoms with Gasteiger partial charge in [0.1, 0.15) is 0 Å². The van der Waals surface area contributed by atoms with Crippen LogP contribution in [0.3, 0.4) is 0 Å². The third kappa shape index (κ3) is 5.68. The second-order valence-corrected chi connectivity index (χ2v) is 6.36. The SMILES string of the molecule is CC(=O)Nc1ccc(S(=O)(=O)NCCCC(C)O)cc1. The minimum atomic E-state index is -3.55. The lowest BCUT2D eigenvalue weighted by Gasteiger charge is -2.08. The first-order valence-electron chi connectivity index (χ1n) is 6.36. The van der Waals surface area contributed by atoms with Gasteiger partial charge < -0.3 is 10.4 Å². The zero-order chi connectivity index (χ0) is 15.2. The van der Waals surface area contributed by atoms with Gasteiger partial charge in [0.25, 0.3) is 0 Å². The van der Waals surface area contributed by atoms with Crippen LogP contribution in [-0.2, 0) is 14.8 Å². The number of hydrogen-bond acceptors (Lipinski definition) is 4. The number of carbonyl (C=O) groups excluding carboxylic acids is 1. The molecular weight excluding hydrogens is 280 g/mol. The van der Waals surface area contributed by atoms with Crippen molar-refractivity contribution in [2.45, 2.75) is 37.7 Å². The molecule has 0 spiro atoms. The maximum absolute atomic E-state index is 11.9. The number of amides is 1. The van der Waals surface area contributed by atoms with Crippen LogP contribution in [0.25, 0.3) is 0 Å². The number of aliphatic hydroxyl groups excluding tert-OH is 1. The number of hydrogen-bond donors (Lipinski definition) is 3. The maximum Gasteiger partial charge on any atom is 0.240 e. The summed E-state index contributed by atoms with van der Waals surface area (Å²) in [6.45, 7) is 3.32. The standard InChI is InChI=1S/C13H20N2O4S/c1-10(16)4-3-9-14-20(18,19)13-7-5-12(6-8-13)15-11(2)17/h5-8,10,14,16H,3-4,9H2,1-2H3,(H,15,17). The highest BCUT2D eigenvalue weighted by molar-refractivity contribution is 7.89. The van der Waals surface area contributed by atoms with E-state index >= 15 is 0 Å². The van der Waals surface area contributed by atoms with Crippen LogP contribution < -0.4 is 10.0 Å². The molecule has 1 aromatic carbocycles. The van der Waals surface area contributed by atoms with Gasteiger partial charge in [-0.05, 0) is 44.0 Å². The number of sulfonamides is 1. The molecule has 0 heterocycles. The van der Waals surface area contributed by atoms with E-state index in [0.717, 1.165) is 0 Å². The van der Waals surface area contributed by atoms with Crippen molar-refractivity contribution in [1.29, 1.82) is 0 Å². The van der Waals surface area contributed by atoms with Crippen molar-refractivity contribution >= 4 is 21.6 Å². The first-order chi connectivity index (χ1) is 9.31. The van der Waals surface area contributed by atoms with Gasteiger partial charge in [-0.25, -0.2) is 13.1 Å². The number of aliphatic hydroxyl groups is 1. The van der Waals surface area contributed by atoms with E-state index in [4.69, 9.17) is 5.11 Å². The van der Waals surface area contributed by atoms with Gasteiger partial charge in [-0.1, -0.05) is 0 Å². The van der Waals surface area contributed by atoms with Gasteiger partial charge in [-0.2, -0.15) is 0 Å². The van der Waals surface area contributed by atoms with Gasteiger partial charge in [0.05, 0.1) is 11.0 Å². The fourth-order valence-corrected chi connectivity index (χ4v) is 2.68. The summed E-state index contributed by atoms with van der Waals surface area (Å²) in [5, 5.41) is 11.7. The van der Waals surface area contributed by atoms with Crippen LogP contribution in [0.15, 0.2) is 29.2 Å². The quantitative estimate of drug-likeness (QED) is 0.657. The highest BCUT2D eigenvalue weighted by atomic mass is 32.2. The molecule has 6 nitrogen and oxygen atoms in total. The Hall–Kier alpha value is -1.44. The molecule has 0 saturated heterocycles. The van der Waals surface area contributed by atoms with Crippen molar-refractivity contribution in [3.8, 4) is 0 Å². The highest BCUT2D eigenvalue weighted by Crippen LogP contribution is 2.14. The molecule has 1 rings (SSSR count). The Bertz CT molecular complexity index is 538. The van der Waals surface area contributed by atoms with E-state index in [0.29, 0.717) is 18.5 Å². The third-order valence-corrected chi connectivity index (χ3v) is 4.05. The van der Waals surface area contributed by atoms with Crippen LogP contribution in [0.2, 0.25) is 0 Å². The van der Waals surface area contributed by atoms with Gasteiger partial charge in [0.15, 0.2) is 0 Å². The number of nitrogens with one attached hydrogen (secondary N) is 2. The Morgan fingerprint density at radius 3 is 2.40 bits per heavy atom.